The number of carbonyl (C=O) groups excluding carboxylic acids is 2. The van der Waals surface area contributed by atoms with Gasteiger partial charge in [0.15, 0.2) is 5.69 Å². The van der Waals surface area contributed by atoms with E-state index in [0.717, 1.165) is 44.3 Å². The summed E-state index contributed by atoms with van der Waals surface area (Å²) in [6.07, 6.45) is 6.62. The van der Waals surface area contributed by atoms with Crippen molar-refractivity contribution in [3.8, 4) is 0 Å². The fourth-order valence-corrected chi connectivity index (χ4v) is 4.16. The third-order valence-corrected chi connectivity index (χ3v) is 5.53. The second-order valence-electron chi connectivity index (χ2n) is 7.68. The van der Waals surface area contributed by atoms with E-state index in [9.17, 15) is 9.59 Å². The van der Waals surface area contributed by atoms with Crippen LogP contribution in [-0.4, -0.2) is 35.6 Å². The Morgan fingerprint density at radius 1 is 1.21 bits per heavy atom. The van der Waals surface area contributed by atoms with Crippen molar-refractivity contribution in [3.05, 3.63) is 17.5 Å². The van der Waals surface area contributed by atoms with E-state index in [4.69, 9.17) is 10.3 Å². The molecule has 0 aromatic carbocycles. The molecule has 3 aliphatic rings. The highest BCUT2D eigenvalue weighted by molar-refractivity contribution is 5.92. The van der Waals surface area contributed by atoms with Crippen molar-refractivity contribution in [2.45, 2.75) is 62.9 Å². The van der Waals surface area contributed by atoms with Gasteiger partial charge in [-0.25, -0.2) is 0 Å². The molecule has 1 spiro atoms. The van der Waals surface area contributed by atoms with Gasteiger partial charge in [-0.2, -0.15) is 0 Å². The Morgan fingerprint density at radius 2 is 1.88 bits per heavy atom. The lowest BCUT2D eigenvalue weighted by atomic mass is 9.52. The lowest BCUT2D eigenvalue weighted by Gasteiger charge is -2.57. The first-order valence-corrected chi connectivity index (χ1v) is 8.84. The number of carbonyl (C=O) groups is 2. The highest BCUT2D eigenvalue weighted by atomic mass is 16.5. The molecular weight excluding hydrogens is 308 g/mol. The van der Waals surface area contributed by atoms with Crippen molar-refractivity contribution < 1.29 is 14.1 Å². The van der Waals surface area contributed by atoms with Gasteiger partial charge in [-0.3, -0.25) is 9.59 Å². The summed E-state index contributed by atoms with van der Waals surface area (Å²) in [6.45, 7) is 0.391. The van der Waals surface area contributed by atoms with Gasteiger partial charge in [0.2, 0.25) is 5.91 Å². The molecule has 4 N–H and O–H groups in total. The highest BCUT2D eigenvalue weighted by Crippen LogP contribution is 2.55. The van der Waals surface area contributed by atoms with Crippen LogP contribution in [0.1, 0.15) is 67.1 Å². The molecule has 1 aromatic heterocycles. The summed E-state index contributed by atoms with van der Waals surface area (Å²) in [5.41, 5.74) is 6.07. The molecule has 0 bridgehead atoms. The van der Waals surface area contributed by atoms with Crippen LogP contribution in [0.3, 0.4) is 0 Å². The van der Waals surface area contributed by atoms with Crippen molar-refractivity contribution in [2.75, 3.05) is 6.54 Å². The first kappa shape index (κ1) is 15.6. The van der Waals surface area contributed by atoms with Crippen LogP contribution in [0.15, 0.2) is 10.6 Å². The summed E-state index contributed by atoms with van der Waals surface area (Å²) in [5, 5.41) is 9.93. The molecule has 1 aromatic rings. The molecule has 130 valence electrons. The van der Waals surface area contributed by atoms with Crippen molar-refractivity contribution in [3.63, 3.8) is 0 Å². The molecule has 0 unspecified atom stereocenters. The first-order valence-electron chi connectivity index (χ1n) is 8.84. The number of amides is 2. The number of hydrogen-bond acceptors (Lipinski definition) is 5. The predicted molar refractivity (Wildman–Crippen MR) is 86.2 cm³/mol. The molecule has 1 heterocycles. The minimum absolute atomic E-state index is 0.0408. The Morgan fingerprint density at radius 3 is 2.50 bits per heavy atom. The predicted octanol–water partition coefficient (Wildman–Crippen LogP) is 1.06. The zero-order chi connectivity index (χ0) is 16.7. The van der Waals surface area contributed by atoms with E-state index in [1.54, 1.807) is 6.07 Å². The van der Waals surface area contributed by atoms with Gasteiger partial charge in [0.05, 0.1) is 0 Å². The Hall–Kier alpha value is -1.89. The molecule has 7 heteroatoms. The third kappa shape index (κ3) is 3.05. The van der Waals surface area contributed by atoms with Crippen LogP contribution < -0.4 is 16.4 Å². The average molecular weight is 332 g/mol. The standard InChI is InChI=1S/C17H24N4O3/c18-4-3-15(22)19-11-6-17(7-11)8-12(9-17)20-16(23)13-5-14(24-21-13)10-1-2-10/h5,10-12H,1-4,6-9,18H2,(H,19,22)(H,20,23)/t11-,12-,17?. The Balaban J connectivity index is 1.19. The topological polar surface area (TPSA) is 110 Å². The van der Waals surface area contributed by atoms with Crippen LogP contribution in [0.2, 0.25) is 0 Å². The van der Waals surface area contributed by atoms with Gasteiger partial charge >= 0.3 is 0 Å². The summed E-state index contributed by atoms with van der Waals surface area (Å²) in [6, 6.07) is 2.25. The molecule has 0 aliphatic heterocycles. The van der Waals surface area contributed by atoms with Crippen LogP contribution in [0, 0.1) is 5.41 Å². The van der Waals surface area contributed by atoms with E-state index < -0.39 is 0 Å². The highest BCUT2D eigenvalue weighted by Gasteiger charge is 2.53. The lowest BCUT2D eigenvalue weighted by Crippen LogP contribution is -2.61. The number of hydrogen-bond donors (Lipinski definition) is 3. The maximum atomic E-state index is 12.2. The van der Waals surface area contributed by atoms with Crippen molar-refractivity contribution in [2.24, 2.45) is 11.1 Å². The van der Waals surface area contributed by atoms with Gasteiger partial charge in [0, 0.05) is 37.0 Å². The summed E-state index contributed by atoms with van der Waals surface area (Å²) in [4.78, 5) is 23.7. The molecule has 24 heavy (non-hydrogen) atoms. The SMILES string of the molecule is NCCC(=O)N[C@H]1CC2(C1)C[C@H](NC(=O)c1cc(C3CC3)on1)C2. The molecule has 4 rings (SSSR count). The maximum Gasteiger partial charge on any atom is 0.273 e. The van der Waals surface area contributed by atoms with Crippen LogP contribution in [-0.2, 0) is 4.79 Å². The van der Waals surface area contributed by atoms with Gasteiger partial charge in [-0.1, -0.05) is 5.16 Å². The van der Waals surface area contributed by atoms with E-state index in [-0.39, 0.29) is 23.9 Å². The first-order chi connectivity index (χ1) is 11.6. The molecular formula is C17H24N4O3. The monoisotopic (exact) mass is 332 g/mol. The van der Waals surface area contributed by atoms with Gasteiger partial charge < -0.3 is 20.9 Å². The zero-order valence-electron chi connectivity index (χ0n) is 13.7. The van der Waals surface area contributed by atoms with Crippen LogP contribution in [0.4, 0.5) is 0 Å². The number of aromatic nitrogens is 1. The smallest absolute Gasteiger partial charge is 0.273 e. The van der Waals surface area contributed by atoms with E-state index >= 15 is 0 Å². The molecule has 0 radical (unpaired) electrons. The maximum absolute atomic E-state index is 12.2. The largest absolute Gasteiger partial charge is 0.360 e. The minimum Gasteiger partial charge on any atom is -0.360 e. The number of nitrogens with one attached hydrogen (secondary N) is 2. The second-order valence-corrected chi connectivity index (χ2v) is 7.68. The van der Waals surface area contributed by atoms with Gasteiger partial charge in [-0.05, 0) is 43.9 Å². The quantitative estimate of drug-likeness (QED) is 0.721. The summed E-state index contributed by atoms with van der Waals surface area (Å²) < 4.78 is 5.23. The fourth-order valence-electron chi connectivity index (χ4n) is 4.16. The average Bonchev–Trinajstić information content (AvgIpc) is 3.20. The fraction of sp³-hybridized carbons (Fsp3) is 0.706. The number of nitrogens with zero attached hydrogens (tertiary/aromatic N) is 1. The minimum atomic E-state index is -0.141. The van der Waals surface area contributed by atoms with Gasteiger partial charge in [0.1, 0.15) is 5.76 Å². The molecule has 2 amide bonds. The molecule has 7 nitrogen and oxygen atoms in total. The van der Waals surface area contributed by atoms with Crippen LogP contribution in [0.5, 0.6) is 0 Å². The van der Waals surface area contributed by atoms with E-state index in [0.29, 0.717) is 30.0 Å². The van der Waals surface area contributed by atoms with E-state index in [1.165, 1.54) is 0 Å². The van der Waals surface area contributed by atoms with Crippen molar-refractivity contribution in [1.29, 1.82) is 0 Å². The van der Waals surface area contributed by atoms with Crippen molar-refractivity contribution in [1.82, 2.24) is 15.8 Å². The summed E-state index contributed by atoms with van der Waals surface area (Å²) in [7, 11) is 0. The lowest BCUT2D eigenvalue weighted by molar-refractivity contribution is -0.124. The van der Waals surface area contributed by atoms with E-state index in [2.05, 4.69) is 15.8 Å². The molecule has 3 aliphatic carbocycles. The molecule has 0 atom stereocenters. The number of rotatable bonds is 6. The third-order valence-electron chi connectivity index (χ3n) is 5.53. The van der Waals surface area contributed by atoms with Crippen molar-refractivity contribution >= 4 is 11.8 Å². The van der Waals surface area contributed by atoms with Crippen LogP contribution >= 0.6 is 0 Å². The Labute approximate surface area is 140 Å². The van der Waals surface area contributed by atoms with Gasteiger partial charge in [0.25, 0.3) is 5.91 Å². The Bertz CT molecular complexity index is 638. The van der Waals surface area contributed by atoms with E-state index in [1.807, 2.05) is 0 Å². The van der Waals surface area contributed by atoms with Crippen LogP contribution in [0.25, 0.3) is 0 Å². The zero-order valence-corrected chi connectivity index (χ0v) is 13.7. The summed E-state index contributed by atoms with van der Waals surface area (Å²) >= 11 is 0. The molecule has 0 saturated heterocycles. The Kier molecular flexibility index (Phi) is 3.83. The molecule has 3 fully saturated rings. The summed E-state index contributed by atoms with van der Waals surface area (Å²) in [5.74, 6) is 1.20. The molecule has 3 saturated carbocycles. The van der Waals surface area contributed by atoms with Gasteiger partial charge in [-0.15, -0.1) is 0 Å². The normalized spacial score (nSPS) is 31.2. The number of nitrogens with two attached hydrogens (primary N) is 1. The second kappa shape index (κ2) is 5.88.